The summed E-state index contributed by atoms with van der Waals surface area (Å²) in [6, 6.07) is 0. The Kier molecular flexibility index (Phi) is 4.89. The van der Waals surface area contributed by atoms with Crippen molar-refractivity contribution in [3.63, 3.8) is 0 Å². The van der Waals surface area contributed by atoms with Gasteiger partial charge in [-0.2, -0.15) is 4.98 Å². The number of hydrogen-bond donors (Lipinski definition) is 3. The summed E-state index contributed by atoms with van der Waals surface area (Å²) >= 11 is 0. The lowest BCUT2D eigenvalue weighted by Crippen LogP contribution is -2.24. The Hall–Kier alpha value is -1.97. The van der Waals surface area contributed by atoms with Crippen LogP contribution in [0.25, 0.3) is 11.2 Å². The highest BCUT2D eigenvalue weighted by Gasteiger charge is 2.18. The van der Waals surface area contributed by atoms with Crippen LogP contribution in [0.5, 0.6) is 0 Å². The number of rotatable bonds is 7. The number of anilines is 1. The molecule has 0 saturated heterocycles. The molecule has 0 aliphatic rings. The van der Waals surface area contributed by atoms with Gasteiger partial charge in [0.15, 0.2) is 17.5 Å². The van der Waals surface area contributed by atoms with Gasteiger partial charge in [-0.3, -0.25) is 9.78 Å². The molecule has 0 bridgehead atoms. The Morgan fingerprint density at radius 2 is 2.19 bits per heavy atom. The molecule has 0 saturated carbocycles. The number of hydrogen-bond acceptors (Lipinski definition) is 7. The van der Waals surface area contributed by atoms with E-state index in [4.69, 9.17) is 15.2 Å². The average Bonchev–Trinajstić information content (AvgIpc) is 2.86. The molecular weight excluding hydrogens is 278 g/mol. The first-order valence-electron chi connectivity index (χ1n) is 6.46. The van der Waals surface area contributed by atoms with Crippen LogP contribution in [0.3, 0.4) is 0 Å². The van der Waals surface area contributed by atoms with Gasteiger partial charge in [0.1, 0.15) is 0 Å². The molecule has 9 heteroatoms. The van der Waals surface area contributed by atoms with Gasteiger partial charge in [-0.05, 0) is 0 Å². The molecular formula is C12H19N5O4. The zero-order valence-corrected chi connectivity index (χ0v) is 11.9. The molecule has 0 spiro atoms. The fraction of sp³-hybridized carbons (Fsp3) is 0.583. The predicted octanol–water partition coefficient (Wildman–Crippen LogP) is -0.681. The highest BCUT2D eigenvalue weighted by atomic mass is 16.7. The second kappa shape index (κ2) is 6.66. The van der Waals surface area contributed by atoms with Crippen LogP contribution in [0.15, 0.2) is 11.1 Å². The monoisotopic (exact) mass is 297 g/mol. The maximum absolute atomic E-state index is 11.7. The maximum Gasteiger partial charge on any atom is 0.280 e. The minimum Gasteiger partial charge on any atom is -0.396 e. The highest BCUT2D eigenvalue weighted by molar-refractivity contribution is 5.70. The van der Waals surface area contributed by atoms with E-state index in [0.29, 0.717) is 18.6 Å². The van der Waals surface area contributed by atoms with E-state index < -0.39 is 6.29 Å². The molecule has 2 aromatic rings. The van der Waals surface area contributed by atoms with Gasteiger partial charge in [-0.1, -0.05) is 0 Å². The van der Waals surface area contributed by atoms with Gasteiger partial charge in [0.25, 0.3) is 5.56 Å². The smallest absolute Gasteiger partial charge is 0.280 e. The second-order valence-corrected chi connectivity index (χ2v) is 4.71. The zero-order valence-electron chi connectivity index (χ0n) is 11.9. The number of nitrogen functional groups attached to an aromatic ring is 1. The van der Waals surface area contributed by atoms with Crippen molar-refractivity contribution in [3.8, 4) is 0 Å². The summed E-state index contributed by atoms with van der Waals surface area (Å²) in [4.78, 5) is 22.2. The number of methoxy groups -OCH3 is 2. The lowest BCUT2D eigenvalue weighted by Gasteiger charge is -2.20. The Morgan fingerprint density at radius 1 is 1.48 bits per heavy atom. The molecule has 0 amide bonds. The van der Waals surface area contributed by atoms with Gasteiger partial charge in [-0.25, -0.2) is 4.98 Å². The molecule has 2 aromatic heterocycles. The average molecular weight is 297 g/mol. The first-order valence-corrected chi connectivity index (χ1v) is 6.46. The summed E-state index contributed by atoms with van der Waals surface area (Å²) in [5.74, 6) is -0.101. The number of nitrogens with zero attached hydrogens (tertiary/aromatic N) is 3. The van der Waals surface area contributed by atoms with E-state index in [1.54, 1.807) is 4.57 Å². The Bertz CT molecular complexity index is 649. The van der Waals surface area contributed by atoms with E-state index in [1.807, 2.05) is 0 Å². The number of fused-ring (bicyclic) bond motifs is 1. The highest BCUT2D eigenvalue weighted by Crippen LogP contribution is 2.15. The van der Waals surface area contributed by atoms with E-state index in [2.05, 4.69) is 15.0 Å². The number of nitrogens with two attached hydrogens (primary N) is 1. The third-order valence-electron chi connectivity index (χ3n) is 3.26. The van der Waals surface area contributed by atoms with Gasteiger partial charge < -0.3 is 24.9 Å². The molecule has 0 unspecified atom stereocenters. The minimum absolute atomic E-state index is 0.0291. The van der Waals surface area contributed by atoms with Crippen LogP contribution in [0.1, 0.15) is 6.42 Å². The van der Waals surface area contributed by atoms with Crippen LogP contribution < -0.4 is 11.3 Å². The second-order valence-electron chi connectivity index (χ2n) is 4.71. The van der Waals surface area contributed by atoms with E-state index in [0.717, 1.165) is 0 Å². The van der Waals surface area contributed by atoms with Crippen molar-refractivity contribution in [2.24, 2.45) is 5.92 Å². The van der Waals surface area contributed by atoms with E-state index in [1.165, 1.54) is 20.5 Å². The quantitative estimate of drug-likeness (QED) is 0.577. The molecule has 0 aromatic carbocycles. The molecule has 116 valence electrons. The molecule has 0 fully saturated rings. The fourth-order valence-corrected chi connectivity index (χ4v) is 2.15. The number of H-pyrrole nitrogens is 1. The predicted molar refractivity (Wildman–Crippen MR) is 75.6 cm³/mol. The lowest BCUT2D eigenvalue weighted by molar-refractivity contribution is -0.117. The molecule has 21 heavy (non-hydrogen) atoms. The summed E-state index contributed by atoms with van der Waals surface area (Å²) in [5, 5.41) is 9.49. The third kappa shape index (κ3) is 3.38. The summed E-state index contributed by atoms with van der Waals surface area (Å²) < 4.78 is 11.9. The maximum atomic E-state index is 11.7. The van der Waals surface area contributed by atoms with Crippen LogP contribution >= 0.6 is 0 Å². The third-order valence-corrected chi connectivity index (χ3v) is 3.26. The largest absolute Gasteiger partial charge is 0.396 e. The molecule has 9 nitrogen and oxygen atoms in total. The standard InChI is InChI=1S/C12H19N5O4/c1-20-8(21-2)3-7(5-18)4-17-6-14-9-10(17)15-12(13)16-11(9)19/h6-8,18H,3-5H2,1-2H3,(H3,13,15,16,19)/t7-/m1/s1. The number of nitrogens with one attached hydrogen (secondary N) is 1. The lowest BCUT2D eigenvalue weighted by atomic mass is 10.1. The number of imidazole rings is 1. The van der Waals surface area contributed by atoms with E-state index in [9.17, 15) is 9.90 Å². The molecule has 2 rings (SSSR count). The van der Waals surface area contributed by atoms with Crippen molar-refractivity contribution in [2.75, 3.05) is 26.6 Å². The van der Waals surface area contributed by atoms with Gasteiger partial charge in [-0.15, -0.1) is 0 Å². The topological polar surface area (TPSA) is 128 Å². The summed E-state index contributed by atoms with van der Waals surface area (Å²) in [7, 11) is 3.08. The summed E-state index contributed by atoms with van der Waals surface area (Å²) in [6.45, 7) is 0.369. The molecule has 1 atom stereocenters. The van der Waals surface area contributed by atoms with Crippen LogP contribution in [0.2, 0.25) is 0 Å². The summed E-state index contributed by atoms with van der Waals surface area (Å²) in [6.07, 6.45) is 1.60. The number of ether oxygens (including phenoxy) is 2. The van der Waals surface area contributed by atoms with E-state index >= 15 is 0 Å². The van der Waals surface area contributed by atoms with Crippen LogP contribution in [-0.4, -0.2) is 51.7 Å². The zero-order chi connectivity index (χ0) is 15.4. The van der Waals surface area contributed by atoms with Crippen LogP contribution in [0.4, 0.5) is 5.95 Å². The van der Waals surface area contributed by atoms with Gasteiger partial charge in [0.2, 0.25) is 5.95 Å². The van der Waals surface area contributed by atoms with E-state index in [-0.39, 0.29) is 29.5 Å². The normalized spacial score (nSPS) is 13.1. The Labute approximate surface area is 120 Å². The Morgan fingerprint density at radius 3 is 2.81 bits per heavy atom. The van der Waals surface area contributed by atoms with Crippen LogP contribution in [-0.2, 0) is 16.0 Å². The first kappa shape index (κ1) is 15.4. The van der Waals surface area contributed by atoms with Crippen molar-refractivity contribution < 1.29 is 14.6 Å². The van der Waals surface area contributed by atoms with Gasteiger partial charge in [0.05, 0.1) is 6.33 Å². The SMILES string of the molecule is COC(C[C@@H](CO)Cn1cnc2c(=O)[nH]c(N)nc21)OC. The van der Waals surface area contributed by atoms with Crippen molar-refractivity contribution in [1.82, 2.24) is 19.5 Å². The molecule has 2 heterocycles. The summed E-state index contributed by atoms with van der Waals surface area (Å²) in [5.41, 5.74) is 5.77. The van der Waals surface area contributed by atoms with Crippen LogP contribution in [0, 0.1) is 5.92 Å². The molecule has 4 N–H and O–H groups in total. The van der Waals surface area contributed by atoms with Crippen molar-refractivity contribution in [2.45, 2.75) is 19.3 Å². The minimum atomic E-state index is -0.404. The molecule has 0 aliphatic carbocycles. The van der Waals surface area contributed by atoms with Crippen molar-refractivity contribution in [1.29, 1.82) is 0 Å². The molecule has 0 aliphatic heterocycles. The molecule has 0 radical (unpaired) electrons. The number of aliphatic hydroxyl groups is 1. The first-order chi connectivity index (χ1) is 10.1. The van der Waals surface area contributed by atoms with Gasteiger partial charge >= 0.3 is 0 Å². The number of aromatic amines is 1. The van der Waals surface area contributed by atoms with Gasteiger partial charge in [0, 0.05) is 39.7 Å². The van der Waals surface area contributed by atoms with Crippen molar-refractivity contribution >= 4 is 17.1 Å². The number of aromatic nitrogens is 4. The Balaban J connectivity index is 2.24. The number of aliphatic hydroxyl groups excluding tert-OH is 1. The fourth-order valence-electron chi connectivity index (χ4n) is 2.15. The van der Waals surface area contributed by atoms with Crippen molar-refractivity contribution in [3.05, 3.63) is 16.7 Å².